The molecule has 0 unspecified atom stereocenters. The van der Waals surface area contributed by atoms with Gasteiger partial charge < -0.3 is 19.7 Å². The number of hydrogen-bond acceptors (Lipinski definition) is 6. The highest BCUT2D eigenvalue weighted by Gasteiger charge is 2.31. The zero-order chi connectivity index (χ0) is 17.7. The third-order valence-corrected chi connectivity index (χ3v) is 3.65. The first-order valence-corrected chi connectivity index (χ1v) is 7.73. The molecule has 0 atom stereocenters. The number of hydrogen-bond donors (Lipinski definition) is 1. The second-order valence-corrected chi connectivity index (χ2v) is 5.37. The third-order valence-electron chi connectivity index (χ3n) is 3.65. The fourth-order valence-corrected chi connectivity index (χ4v) is 2.47. The van der Waals surface area contributed by atoms with E-state index < -0.39 is 6.36 Å². The molecule has 1 N–H and O–H groups in total. The number of morpholine rings is 1. The van der Waals surface area contributed by atoms with Gasteiger partial charge in [0.1, 0.15) is 23.7 Å². The molecule has 0 radical (unpaired) electrons. The van der Waals surface area contributed by atoms with Gasteiger partial charge in [-0.3, -0.25) is 0 Å². The average Bonchev–Trinajstić information content (AvgIpc) is 2.61. The molecule has 0 spiro atoms. The molecule has 134 valence electrons. The van der Waals surface area contributed by atoms with Gasteiger partial charge >= 0.3 is 6.36 Å². The third kappa shape index (κ3) is 4.96. The van der Waals surface area contributed by atoms with E-state index in [0.717, 1.165) is 18.9 Å². The lowest BCUT2D eigenvalue weighted by Gasteiger charge is -2.27. The molecule has 2 aromatic rings. The molecule has 1 aliphatic heterocycles. The van der Waals surface area contributed by atoms with Gasteiger partial charge in [-0.05, 0) is 6.07 Å². The van der Waals surface area contributed by atoms with Gasteiger partial charge in [-0.1, -0.05) is 18.2 Å². The van der Waals surface area contributed by atoms with E-state index in [9.17, 15) is 13.2 Å². The van der Waals surface area contributed by atoms with Crippen LogP contribution >= 0.6 is 0 Å². The van der Waals surface area contributed by atoms with Gasteiger partial charge in [-0.2, -0.15) is 0 Å². The van der Waals surface area contributed by atoms with Crippen LogP contribution in [-0.4, -0.2) is 42.6 Å². The van der Waals surface area contributed by atoms with Crippen LogP contribution in [0.25, 0.3) is 0 Å². The van der Waals surface area contributed by atoms with Crippen molar-refractivity contribution >= 4 is 11.6 Å². The Balaban J connectivity index is 1.68. The van der Waals surface area contributed by atoms with Crippen molar-refractivity contribution in [2.75, 3.05) is 36.5 Å². The van der Waals surface area contributed by atoms with E-state index in [1.54, 1.807) is 18.2 Å². The summed E-state index contributed by atoms with van der Waals surface area (Å²) in [6, 6.07) is 7.76. The summed E-state index contributed by atoms with van der Waals surface area (Å²) in [4.78, 5) is 10.4. The Kier molecular flexibility index (Phi) is 5.22. The molecule has 1 aliphatic rings. The van der Waals surface area contributed by atoms with Crippen LogP contribution in [0.1, 0.15) is 5.56 Å². The molecular weight excluding hydrogens is 337 g/mol. The fourth-order valence-electron chi connectivity index (χ4n) is 2.47. The maximum Gasteiger partial charge on any atom is 0.573 e. The van der Waals surface area contributed by atoms with Gasteiger partial charge in [0.25, 0.3) is 0 Å². The molecular formula is C16H17F3N4O2. The van der Waals surface area contributed by atoms with Crippen LogP contribution in [0.3, 0.4) is 0 Å². The molecule has 1 aromatic carbocycles. The monoisotopic (exact) mass is 354 g/mol. The van der Waals surface area contributed by atoms with Crippen LogP contribution in [0.15, 0.2) is 36.7 Å². The van der Waals surface area contributed by atoms with Crippen LogP contribution in [-0.2, 0) is 11.3 Å². The molecule has 0 bridgehead atoms. The van der Waals surface area contributed by atoms with Crippen LogP contribution < -0.4 is 15.0 Å². The predicted molar refractivity (Wildman–Crippen MR) is 85.5 cm³/mol. The smallest absolute Gasteiger partial charge is 0.405 e. The van der Waals surface area contributed by atoms with Crippen LogP contribution in [0, 0.1) is 0 Å². The summed E-state index contributed by atoms with van der Waals surface area (Å²) < 4.78 is 46.7. The largest absolute Gasteiger partial charge is 0.573 e. The van der Waals surface area contributed by atoms with E-state index in [1.807, 2.05) is 0 Å². The first-order valence-electron chi connectivity index (χ1n) is 7.73. The first-order chi connectivity index (χ1) is 12.0. The second kappa shape index (κ2) is 7.56. The topological polar surface area (TPSA) is 59.5 Å². The number of ether oxygens (including phenoxy) is 2. The molecule has 0 saturated carbocycles. The molecule has 0 amide bonds. The highest BCUT2D eigenvalue weighted by atomic mass is 19.4. The lowest BCUT2D eigenvalue weighted by molar-refractivity contribution is -0.274. The SMILES string of the molecule is FC(F)(F)Oc1ccccc1CNc1cc(N2CCOCC2)ncn1. The summed E-state index contributed by atoms with van der Waals surface area (Å²) in [5.74, 6) is 1.05. The molecule has 25 heavy (non-hydrogen) atoms. The molecule has 1 fully saturated rings. The van der Waals surface area contributed by atoms with E-state index in [1.165, 1.54) is 18.5 Å². The molecule has 0 aliphatic carbocycles. The number of halogens is 3. The molecule has 3 rings (SSSR count). The fraction of sp³-hybridized carbons (Fsp3) is 0.375. The van der Waals surface area contributed by atoms with Gasteiger partial charge in [-0.15, -0.1) is 13.2 Å². The van der Waals surface area contributed by atoms with Crippen molar-refractivity contribution in [3.05, 3.63) is 42.2 Å². The average molecular weight is 354 g/mol. The number of nitrogens with zero attached hydrogens (tertiary/aromatic N) is 3. The van der Waals surface area contributed by atoms with Crippen molar-refractivity contribution in [1.29, 1.82) is 0 Å². The summed E-state index contributed by atoms with van der Waals surface area (Å²) in [5, 5.41) is 3.01. The maximum atomic E-state index is 12.5. The van der Waals surface area contributed by atoms with Gasteiger partial charge in [0, 0.05) is 31.3 Å². The maximum absolute atomic E-state index is 12.5. The Bertz CT molecular complexity index is 706. The van der Waals surface area contributed by atoms with E-state index in [-0.39, 0.29) is 12.3 Å². The van der Waals surface area contributed by atoms with Crippen molar-refractivity contribution in [2.24, 2.45) is 0 Å². The minimum Gasteiger partial charge on any atom is -0.405 e. The lowest BCUT2D eigenvalue weighted by atomic mass is 10.2. The number of benzene rings is 1. The van der Waals surface area contributed by atoms with Gasteiger partial charge in [0.05, 0.1) is 13.2 Å². The number of alkyl halides is 3. The van der Waals surface area contributed by atoms with Crippen molar-refractivity contribution in [3.63, 3.8) is 0 Å². The summed E-state index contributed by atoms with van der Waals surface area (Å²) in [5.41, 5.74) is 0.381. The highest BCUT2D eigenvalue weighted by Crippen LogP contribution is 2.27. The van der Waals surface area contributed by atoms with Crippen molar-refractivity contribution in [2.45, 2.75) is 12.9 Å². The van der Waals surface area contributed by atoms with Crippen molar-refractivity contribution in [3.8, 4) is 5.75 Å². The Hall–Kier alpha value is -2.55. The molecule has 6 nitrogen and oxygen atoms in total. The Morgan fingerprint density at radius 1 is 1.16 bits per heavy atom. The van der Waals surface area contributed by atoms with E-state index in [4.69, 9.17) is 4.74 Å². The summed E-state index contributed by atoms with van der Waals surface area (Å²) >= 11 is 0. The normalized spacial score (nSPS) is 15.1. The minimum atomic E-state index is -4.73. The number of nitrogens with one attached hydrogen (secondary N) is 1. The molecule has 9 heteroatoms. The summed E-state index contributed by atoms with van der Waals surface area (Å²) in [7, 11) is 0. The zero-order valence-corrected chi connectivity index (χ0v) is 13.3. The van der Waals surface area contributed by atoms with E-state index in [2.05, 4.69) is 24.9 Å². The van der Waals surface area contributed by atoms with Crippen LogP contribution in [0.2, 0.25) is 0 Å². The zero-order valence-electron chi connectivity index (χ0n) is 13.3. The predicted octanol–water partition coefficient (Wildman–Crippen LogP) is 2.82. The Morgan fingerprint density at radius 2 is 1.92 bits per heavy atom. The number of anilines is 2. The second-order valence-electron chi connectivity index (χ2n) is 5.37. The molecule has 2 heterocycles. The quantitative estimate of drug-likeness (QED) is 0.891. The Morgan fingerprint density at radius 3 is 2.68 bits per heavy atom. The number of para-hydroxylation sites is 1. The lowest BCUT2D eigenvalue weighted by Crippen LogP contribution is -2.36. The van der Waals surface area contributed by atoms with Crippen molar-refractivity contribution in [1.82, 2.24) is 9.97 Å². The molecule has 1 aromatic heterocycles. The number of rotatable bonds is 5. The first kappa shape index (κ1) is 17.3. The van der Waals surface area contributed by atoms with Gasteiger partial charge in [-0.25, -0.2) is 9.97 Å². The Labute approximate surface area is 142 Å². The number of aromatic nitrogens is 2. The summed E-state index contributed by atoms with van der Waals surface area (Å²) in [6.07, 6.45) is -3.31. The standard InChI is InChI=1S/C16H17F3N4O2/c17-16(18,19)25-13-4-2-1-3-12(13)10-20-14-9-15(22-11-21-14)23-5-7-24-8-6-23/h1-4,9,11H,5-8,10H2,(H,20,21,22). The van der Waals surface area contributed by atoms with Crippen LogP contribution in [0.5, 0.6) is 5.75 Å². The van der Waals surface area contributed by atoms with Crippen molar-refractivity contribution < 1.29 is 22.6 Å². The van der Waals surface area contributed by atoms with E-state index >= 15 is 0 Å². The molecule has 1 saturated heterocycles. The van der Waals surface area contributed by atoms with Gasteiger partial charge in [0.15, 0.2) is 0 Å². The highest BCUT2D eigenvalue weighted by molar-refractivity contribution is 5.49. The minimum absolute atomic E-state index is 0.145. The van der Waals surface area contributed by atoms with Crippen LogP contribution in [0.4, 0.5) is 24.8 Å². The van der Waals surface area contributed by atoms with E-state index in [0.29, 0.717) is 24.6 Å². The summed E-state index contributed by atoms with van der Waals surface area (Å²) in [6.45, 7) is 2.88. The van der Waals surface area contributed by atoms with Gasteiger partial charge in [0.2, 0.25) is 0 Å².